The Kier molecular flexibility index (Phi) is 7.14. The SMILES string of the molecule is CN1C(=O)/C(=C/c2ccc(OCc3cccc(F)c3)c(Br)c2)SC1=Nc1cccc(C(=O)O)c1. The van der Waals surface area contributed by atoms with Gasteiger partial charge in [0.25, 0.3) is 5.91 Å². The number of likely N-dealkylation sites (N-methyl/N-ethyl adjacent to an activating group) is 1. The monoisotopic (exact) mass is 540 g/mol. The van der Waals surface area contributed by atoms with Gasteiger partial charge in [-0.2, -0.15) is 0 Å². The highest BCUT2D eigenvalue weighted by molar-refractivity contribution is 9.10. The van der Waals surface area contributed by atoms with Crippen molar-refractivity contribution in [2.45, 2.75) is 6.61 Å². The van der Waals surface area contributed by atoms with Crippen LogP contribution in [0.2, 0.25) is 0 Å². The Labute approximate surface area is 207 Å². The number of carboxylic acids is 1. The Morgan fingerprint density at radius 3 is 2.71 bits per heavy atom. The Bertz CT molecular complexity index is 1340. The molecule has 1 amide bonds. The fourth-order valence-electron chi connectivity index (χ4n) is 3.13. The van der Waals surface area contributed by atoms with Gasteiger partial charge in [0.1, 0.15) is 18.2 Å². The third-order valence-corrected chi connectivity index (χ3v) is 6.54. The largest absolute Gasteiger partial charge is 0.488 e. The maximum absolute atomic E-state index is 13.3. The average molecular weight is 541 g/mol. The van der Waals surface area contributed by atoms with E-state index in [-0.39, 0.29) is 23.9 Å². The first kappa shape index (κ1) is 23.7. The average Bonchev–Trinajstić information content (AvgIpc) is 3.06. The Morgan fingerprint density at radius 1 is 1.18 bits per heavy atom. The van der Waals surface area contributed by atoms with Crippen LogP contribution in [0.15, 0.2) is 81.1 Å². The molecule has 3 aromatic rings. The highest BCUT2D eigenvalue weighted by atomic mass is 79.9. The molecule has 1 N–H and O–H groups in total. The van der Waals surface area contributed by atoms with E-state index in [1.54, 1.807) is 43.5 Å². The minimum Gasteiger partial charge on any atom is -0.488 e. The molecule has 9 heteroatoms. The fourth-order valence-corrected chi connectivity index (χ4v) is 4.63. The quantitative estimate of drug-likeness (QED) is 0.382. The lowest BCUT2D eigenvalue weighted by atomic mass is 10.2. The van der Waals surface area contributed by atoms with Gasteiger partial charge in [-0.1, -0.05) is 24.3 Å². The van der Waals surface area contributed by atoms with E-state index in [9.17, 15) is 14.0 Å². The molecule has 0 aromatic heterocycles. The topological polar surface area (TPSA) is 79.2 Å². The predicted molar refractivity (Wildman–Crippen MR) is 134 cm³/mol. The number of benzene rings is 3. The number of amides is 1. The van der Waals surface area contributed by atoms with Crippen LogP contribution in [0.25, 0.3) is 6.08 Å². The van der Waals surface area contributed by atoms with Crippen molar-refractivity contribution in [2.24, 2.45) is 4.99 Å². The lowest BCUT2D eigenvalue weighted by molar-refractivity contribution is -0.121. The molecule has 0 saturated carbocycles. The highest BCUT2D eigenvalue weighted by Gasteiger charge is 2.30. The van der Waals surface area contributed by atoms with Crippen LogP contribution in [0.3, 0.4) is 0 Å². The van der Waals surface area contributed by atoms with E-state index in [2.05, 4.69) is 20.9 Å². The van der Waals surface area contributed by atoms with E-state index in [4.69, 9.17) is 9.84 Å². The molecule has 3 aromatic carbocycles. The van der Waals surface area contributed by atoms with Gasteiger partial charge in [0.05, 0.1) is 20.6 Å². The molecule has 0 unspecified atom stereocenters. The minimum absolute atomic E-state index is 0.124. The van der Waals surface area contributed by atoms with Crippen LogP contribution in [0.1, 0.15) is 21.5 Å². The Morgan fingerprint density at radius 2 is 1.97 bits per heavy atom. The number of halogens is 2. The number of hydrogen-bond donors (Lipinski definition) is 1. The van der Waals surface area contributed by atoms with Crippen molar-refractivity contribution in [3.8, 4) is 5.75 Å². The zero-order valence-electron chi connectivity index (χ0n) is 17.9. The van der Waals surface area contributed by atoms with Gasteiger partial charge < -0.3 is 9.84 Å². The number of nitrogens with zero attached hydrogens (tertiary/aromatic N) is 2. The normalized spacial score (nSPS) is 15.9. The second-order valence-corrected chi connectivity index (χ2v) is 9.20. The number of carboxylic acid groups (broad SMARTS) is 1. The van der Waals surface area contributed by atoms with Gasteiger partial charge in [-0.05, 0) is 87.4 Å². The molecule has 34 heavy (non-hydrogen) atoms. The molecule has 0 radical (unpaired) electrons. The van der Waals surface area contributed by atoms with Gasteiger partial charge in [0.2, 0.25) is 0 Å². The number of rotatable bonds is 6. The van der Waals surface area contributed by atoms with Gasteiger partial charge in [-0.15, -0.1) is 0 Å². The lowest BCUT2D eigenvalue weighted by Gasteiger charge is -2.09. The zero-order chi connectivity index (χ0) is 24.2. The molecule has 1 aliphatic rings. The molecule has 4 rings (SSSR count). The smallest absolute Gasteiger partial charge is 0.335 e. The second-order valence-electron chi connectivity index (χ2n) is 7.33. The molecule has 1 heterocycles. The maximum atomic E-state index is 13.3. The van der Waals surface area contributed by atoms with E-state index in [1.165, 1.54) is 40.9 Å². The summed E-state index contributed by atoms with van der Waals surface area (Å²) in [6, 6.07) is 17.9. The zero-order valence-corrected chi connectivity index (χ0v) is 20.3. The number of hydrogen-bond acceptors (Lipinski definition) is 5. The number of thioether (sulfide) groups is 1. The third-order valence-electron chi connectivity index (χ3n) is 4.86. The van der Waals surface area contributed by atoms with Crippen LogP contribution in [0, 0.1) is 5.82 Å². The fraction of sp³-hybridized carbons (Fsp3) is 0.0800. The van der Waals surface area contributed by atoms with Crippen LogP contribution < -0.4 is 4.74 Å². The Balaban J connectivity index is 1.50. The number of carbonyl (C=O) groups excluding carboxylic acids is 1. The number of aromatic carboxylic acids is 1. The number of ether oxygens (including phenoxy) is 1. The Hall–Kier alpha value is -3.43. The van der Waals surface area contributed by atoms with Gasteiger partial charge in [-0.3, -0.25) is 9.69 Å². The standard InChI is InChI=1S/C25H18BrFN2O4S/c1-29-23(30)22(34-25(29)28-19-7-3-5-17(13-19)24(31)32)12-15-8-9-21(20(26)11-15)33-14-16-4-2-6-18(27)10-16/h2-13H,14H2,1H3,(H,31,32)/b22-12-,28-25?. The van der Waals surface area contributed by atoms with Crippen molar-refractivity contribution in [1.82, 2.24) is 4.90 Å². The molecular formula is C25H18BrFN2O4S. The van der Waals surface area contributed by atoms with E-state index in [1.807, 2.05) is 12.1 Å². The van der Waals surface area contributed by atoms with E-state index in [0.717, 1.165) is 11.1 Å². The predicted octanol–water partition coefficient (Wildman–Crippen LogP) is 6.10. The van der Waals surface area contributed by atoms with Crippen molar-refractivity contribution < 1.29 is 23.8 Å². The molecular weight excluding hydrogens is 523 g/mol. The third kappa shape index (κ3) is 5.55. The molecule has 1 saturated heterocycles. The van der Waals surface area contributed by atoms with Gasteiger partial charge in [0, 0.05) is 7.05 Å². The molecule has 1 aliphatic heterocycles. The highest BCUT2D eigenvalue weighted by Crippen LogP contribution is 2.35. The summed E-state index contributed by atoms with van der Waals surface area (Å²) in [5, 5.41) is 9.61. The second kappa shape index (κ2) is 10.2. The molecule has 0 bridgehead atoms. The van der Waals surface area contributed by atoms with Crippen LogP contribution in [-0.4, -0.2) is 34.1 Å². The first-order chi connectivity index (χ1) is 16.3. The van der Waals surface area contributed by atoms with E-state index >= 15 is 0 Å². The number of carbonyl (C=O) groups is 2. The van der Waals surface area contributed by atoms with Gasteiger partial charge >= 0.3 is 5.97 Å². The summed E-state index contributed by atoms with van der Waals surface area (Å²) < 4.78 is 19.8. The van der Waals surface area contributed by atoms with Crippen molar-refractivity contribution in [2.75, 3.05) is 7.05 Å². The molecule has 1 fully saturated rings. The molecule has 172 valence electrons. The van der Waals surface area contributed by atoms with Crippen molar-refractivity contribution in [1.29, 1.82) is 0 Å². The summed E-state index contributed by atoms with van der Waals surface area (Å²) in [5.74, 6) is -0.974. The summed E-state index contributed by atoms with van der Waals surface area (Å²) >= 11 is 4.69. The maximum Gasteiger partial charge on any atom is 0.335 e. The molecule has 0 spiro atoms. The van der Waals surface area contributed by atoms with Crippen LogP contribution in [0.4, 0.5) is 10.1 Å². The van der Waals surface area contributed by atoms with Crippen LogP contribution in [0.5, 0.6) is 5.75 Å². The van der Waals surface area contributed by atoms with Crippen LogP contribution in [-0.2, 0) is 11.4 Å². The molecule has 6 nitrogen and oxygen atoms in total. The van der Waals surface area contributed by atoms with Gasteiger partial charge in [-0.25, -0.2) is 14.2 Å². The summed E-state index contributed by atoms with van der Waals surface area (Å²) in [4.78, 5) is 30.3. The summed E-state index contributed by atoms with van der Waals surface area (Å²) in [6.07, 6.45) is 1.75. The summed E-state index contributed by atoms with van der Waals surface area (Å²) in [6.45, 7) is 0.221. The number of aliphatic imine (C=N–C) groups is 1. The first-order valence-corrected chi connectivity index (χ1v) is 11.7. The molecule has 0 atom stereocenters. The summed E-state index contributed by atoms with van der Waals surface area (Å²) in [7, 11) is 1.62. The number of amidine groups is 1. The summed E-state index contributed by atoms with van der Waals surface area (Å²) in [5.41, 5.74) is 2.07. The van der Waals surface area contributed by atoms with E-state index in [0.29, 0.717) is 26.0 Å². The molecule has 0 aliphatic carbocycles. The van der Waals surface area contributed by atoms with Crippen molar-refractivity contribution in [3.05, 3.63) is 98.6 Å². The van der Waals surface area contributed by atoms with Crippen molar-refractivity contribution in [3.63, 3.8) is 0 Å². The lowest BCUT2D eigenvalue weighted by Crippen LogP contribution is -2.23. The van der Waals surface area contributed by atoms with Gasteiger partial charge in [0.15, 0.2) is 5.17 Å². The van der Waals surface area contributed by atoms with E-state index < -0.39 is 5.97 Å². The minimum atomic E-state index is -1.04. The first-order valence-electron chi connectivity index (χ1n) is 10.1. The van der Waals surface area contributed by atoms with Crippen molar-refractivity contribution >= 4 is 56.5 Å². The van der Waals surface area contributed by atoms with Crippen LogP contribution >= 0.6 is 27.7 Å².